The number of H-pyrrole nitrogens is 1. The van der Waals surface area contributed by atoms with Gasteiger partial charge in [-0.3, -0.25) is 14.4 Å². The SMILES string of the molecule is CC1CC2OC2CC1CC(CCCC(=O)O)(C(=O)O)C(=O)[C@@H](N)Cc1c[nH]cn1. The summed E-state index contributed by atoms with van der Waals surface area (Å²) < 4.78 is 5.60. The molecule has 0 spiro atoms. The zero-order valence-corrected chi connectivity index (χ0v) is 16.5. The number of carbonyl (C=O) groups excluding carboxylic acids is 1. The summed E-state index contributed by atoms with van der Waals surface area (Å²) in [5.74, 6) is -2.55. The predicted octanol–water partition coefficient (Wildman–Crippen LogP) is 1.38. The lowest BCUT2D eigenvalue weighted by Crippen LogP contribution is -2.51. The molecule has 2 heterocycles. The van der Waals surface area contributed by atoms with Crippen LogP contribution in [0.4, 0.5) is 0 Å². The van der Waals surface area contributed by atoms with Crippen molar-refractivity contribution < 1.29 is 29.3 Å². The van der Waals surface area contributed by atoms with Gasteiger partial charge in [-0.1, -0.05) is 6.92 Å². The van der Waals surface area contributed by atoms with Crippen LogP contribution < -0.4 is 5.73 Å². The number of nitrogens with two attached hydrogens (primary N) is 1. The van der Waals surface area contributed by atoms with Crippen molar-refractivity contribution in [3.8, 4) is 0 Å². The first kappa shape index (κ1) is 21.4. The van der Waals surface area contributed by atoms with Crippen LogP contribution in [0.25, 0.3) is 0 Å². The molecule has 160 valence electrons. The van der Waals surface area contributed by atoms with Crippen molar-refractivity contribution in [2.45, 2.75) is 70.1 Å². The van der Waals surface area contributed by atoms with Crippen molar-refractivity contribution in [1.29, 1.82) is 0 Å². The number of carbonyl (C=O) groups is 3. The molecule has 1 aliphatic carbocycles. The lowest BCUT2D eigenvalue weighted by molar-refractivity contribution is -0.158. The van der Waals surface area contributed by atoms with Crippen LogP contribution in [0.1, 0.15) is 51.1 Å². The lowest BCUT2D eigenvalue weighted by Gasteiger charge is -2.36. The van der Waals surface area contributed by atoms with Gasteiger partial charge in [0.2, 0.25) is 0 Å². The van der Waals surface area contributed by atoms with Gasteiger partial charge in [0.1, 0.15) is 5.41 Å². The first-order valence-corrected chi connectivity index (χ1v) is 10.1. The lowest BCUT2D eigenvalue weighted by atomic mass is 9.65. The minimum absolute atomic E-state index is 0.0150. The van der Waals surface area contributed by atoms with E-state index in [1.165, 1.54) is 6.33 Å². The fourth-order valence-corrected chi connectivity index (χ4v) is 4.66. The van der Waals surface area contributed by atoms with E-state index in [9.17, 15) is 19.5 Å². The van der Waals surface area contributed by atoms with Gasteiger partial charge < -0.3 is 25.7 Å². The number of ether oxygens (including phenoxy) is 1. The van der Waals surface area contributed by atoms with E-state index in [4.69, 9.17) is 15.6 Å². The number of epoxide rings is 1. The molecule has 2 aliphatic rings. The molecule has 3 rings (SSSR count). The van der Waals surface area contributed by atoms with Crippen LogP contribution in [0.3, 0.4) is 0 Å². The molecule has 9 heteroatoms. The second kappa shape index (κ2) is 8.62. The number of imidazole rings is 1. The molecule has 29 heavy (non-hydrogen) atoms. The van der Waals surface area contributed by atoms with Gasteiger partial charge in [0.25, 0.3) is 0 Å². The minimum Gasteiger partial charge on any atom is -0.481 e. The van der Waals surface area contributed by atoms with Crippen molar-refractivity contribution in [2.24, 2.45) is 23.0 Å². The topological polar surface area (TPSA) is 159 Å². The standard InChI is InChI=1S/C20H29N3O6/c1-11-5-15-16(29-15)6-12(11)8-20(19(27)28,4-2-3-17(24)25)18(26)14(21)7-13-9-22-10-23-13/h9-12,14-16H,2-8,21H2,1H3,(H,22,23)(H,24,25)(H,27,28)/t11?,12?,14-,15?,16?,20?/m0/s1. The number of aliphatic carboxylic acids is 2. The molecule has 1 aliphatic heterocycles. The molecule has 2 fully saturated rings. The van der Waals surface area contributed by atoms with E-state index in [1.54, 1.807) is 6.20 Å². The quantitative estimate of drug-likeness (QED) is 0.316. The van der Waals surface area contributed by atoms with Crippen LogP contribution in [0, 0.1) is 17.3 Å². The number of aromatic amines is 1. The molecule has 0 bridgehead atoms. The fourth-order valence-electron chi connectivity index (χ4n) is 4.66. The van der Waals surface area contributed by atoms with Crippen LogP contribution in [-0.4, -0.2) is 56.2 Å². The summed E-state index contributed by atoms with van der Waals surface area (Å²) in [5, 5.41) is 19.1. The van der Waals surface area contributed by atoms with Gasteiger partial charge in [0.15, 0.2) is 5.78 Å². The molecule has 0 amide bonds. The summed E-state index contributed by atoms with van der Waals surface area (Å²) in [4.78, 5) is 43.6. The molecular formula is C20H29N3O6. The Balaban J connectivity index is 1.82. The molecule has 1 aromatic heterocycles. The Hall–Kier alpha value is -2.26. The number of hydrogen-bond donors (Lipinski definition) is 4. The Bertz CT molecular complexity index is 751. The van der Waals surface area contributed by atoms with Crippen molar-refractivity contribution in [3.63, 3.8) is 0 Å². The second-order valence-electron chi connectivity index (χ2n) is 8.50. The maximum absolute atomic E-state index is 13.4. The Labute approximate surface area is 169 Å². The number of nitrogens with zero attached hydrogens (tertiary/aromatic N) is 1. The fraction of sp³-hybridized carbons (Fsp3) is 0.700. The summed E-state index contributed by atoms with van der Waals surface area (Å²) in [6, 6.07) is -1.02. The van der Waals surface area contributed by atoms with E-state index in [0.29, 0.717) is 5.69 Å². The third-order valence-electron chi connectivity index (χ3n) is 6.44. The molecule has 5 unspecified atom stereocenters. The number of hydrogen-bond acceptors (Lipinski definition) is 6. The van der Waals surface area contributed by atoms with E-state index < -0.39 is 29.2 Å². The van der Waals surface area contributed by atoms with Crippen molar-refractivity contribution in [1.82, 2.24) is 9.97 Å². The molecule has 6 atom stereocenters. The molecular weight excluding hydrogens is 378 g/mol. The van der Waals surface area contributed by atoms with Gasteiger partial charge >= 0.3 is 11.9 Å². The van der Waals surface area contributed by atoms with Crippen molar-refractivity contribution in [3.05, 3.63) is 18.2 Å². The minimum atomic E-state index is -1.70. The smallest absolute Gasteiger partial charge is 0.317 e. The number of carboxylic acid groups (broad SMARTS) is 2. The average Bonchev–Trinajstić information content (AvgIpc) is 3.19. The highest BCUT2D eigenvalue weighted by atomic mass is 16.6. The van der Waals surface area contributed by atoms with Crippen molar-refractivity contribution in [2.75, 3.05) is 0 Å². The van der Waals surface area contributed by atoms with Crippen LogP contribution in [0.15, 0.2) is 12.5 Å². The molecule has 1 aromatic rings. The summed E-state index contributed by atoms with van der Waals surface area (Å²) in [6.07, 6.45) is 5.23. The van der Waals surface area contributed by atoms with E-state index in [-0.39, 0.29) is 56.1 Å². The highest BCUT2D eigenvalue weighted by Gasteiger charge is 2.53. The molecule has 0 radical (unpaired) electrons. The van der Waals surface area contributed by atoms with Gasteiger partial charge in [-0.2, -0.15) is 0 Å². The van der Waals surface area contributed by atoms with Gasteiger partial charge in [-0.05, 0) is 43.9 Å². The Kier molecular flexibility index (Phi) is 6.38. The van der Waals surface area contributed by atoms with Crippen LogP contribution in [-0.2, 0) is 25.5 Å². The number of aromatic nitrogens is 2. The molecule has 1 saturated heterocycles. The molecule has 5 N–H and O–H groups in total. The van der Waals surface area contributed by atoms with Crippen LogP contribution >= 0.6 is 0 Å². The Morgan fingerprint density at radius 2 is 2.07 bits per heavy atom. The number of nitrogens with one attached hydrogen (secondary N) is 1. The summed E-state index contributed by atoms with van der Waals surface area (Å²) in [7, 11) is 0. The van der Waals surface area contributed by atoms with Crippen molar-refractivity contribution >= 4 is 17.7 Å². The zero-order chi connectivity index (χ0) is 21.2. The van der Waals surface area contributed by atoms with Gasteiger partial charge in [-0.15, -0.1) is 0 Å². The Morgan fingerprint density at radius 3 is 2.69 bits per heavy atom. The highest BCUT2D eigenvalue weighted by molar-refractivity contribution is 6.05. The molecule has 0 aromatic carbocycles. The van der Waals surface area contributed by atoms with Gasteiger partial charge in [0, 0.05) is 19.0 Å². The van der Waals surface area contributed by atoms with Crippen LogP contribution in [0.5, 0.6) is 0 Å². The molecule has 9 nitrogen and oxygen atoms in total. The second-order valence-corrected chi connectivity index (χ2v) is 8.50. The Morgan fingerprint density at radius 1 is 1.34 bits per heavy atom. The highest BCUT2D eigenvalue weighted by Crippen LogP contribution is 2.48. The van der Waals surface area contributed by atoms with Gasteiger partial charge in [-0.25, -0.2) is 4.98 Å². The van der Waals surface area contributed by atoms with Crippen LogP contribution in [0.2, 0.25) is 0 Å². The van der Waals surface area contributed by atoms with E-state index >= 15 is 0 Å². The van der Waals surface area contributed by atoms with E-state index in [0.717, 1.165) is 12.8 Å². The maximum Gasteiger partial charge on any atom is 0.317 e. The van der Waals surface area contributed by atoms with E-state index in [1.807, 2.05) is 0 Å². The number of carboxylic acids is 2. The summed E-state index contributed by atoms with van der Waals surface area (Å²) in [5.41, 5.74) is 5.01. The summed E-state index contributed by atoms with van der Waals surface area (Å²) >= 11 is 0. The maximum atomic E-state index is 13.4. The predicted molar refractivity (Wildman–Crippen MR) is 102 cm³/mol. The monoisotopic (exact) mass is 407 g/mol. The normalized spacial score (nSPS) is 28.8. The largest absolute Gasteiger partial charge is 0.481 e. The third-order valence-corrected chi connectivity index (χ3v) is 6.44. The number of fused-ring (bicyclic) bond motifs is 1. The van der Waals surface area contributed by atoms with Gasteiger partial charge in [0.05, 0.1) is 30.3 Å². The number of Topliss-reactive ketones (excluding diaryl/α,β-unsaturated/α-hetero) is 1. The number of rotatable bonds is 11. The first-order valence-electron chi connectivity index (χ1n) is 10.1. The first-order chi connectivity index (χ1) is 13.7. The van der Waals surface area contributed by atoms with E-state index in [2.05, 4.69) is 16.9 Å². The average molecular weight is 407 g/mol. The third kappa shape index (κ3) is 4.84. The molecule has 1 saturated carbocycles. The summed E-state index contributed by atoms with van der Waals surface area (Å²) in [6.45, 7) is 2.06. The zero-order valence-electron chi connectivity index (χ0n) is 16.5. The number of ketones is 1.